The van der Waals surface area contributed by atoms with Crippen LogP contribution in [0.25, 0.3) is 5.57 Å². The molecule has 1 unspecified atom stereocenters. The minimum absolute atomic E-state index is 0.167. The Morgan fingerprint density at radius 2 is 1.52 bits per heavy atom. The van der Waals surface area contributed by atoms with Crippen molar-refractivity contribution in [2.24, 2.45) is 0 Å². The number of carbonyl (C=O) groups excluding carboxylic acids is 1. The van der Waals surface area contributed by atoms with Gasteiger partial charge in [-0.3, -0.25) is 4.79 Å². The smallest absolute Gasteiger partial charge is 0.302 e. The lowest BCUT2D eigenvalue weighted by molar-refractivity contribution is -0.195. The van der Waals surface area contributed by atoms with E-state index < -0.39 is 5.79 Å². The maximum absolute atomic E-state index is 13.0. The molecule has 1 atom stereocenters. The number of ether oxygens (including phenoxy) is 2. The fraction of sp³-hybridized carbons (Fsp3) is 0.167. The van der Waals surface area contributed by atoms with Crippen molar-refractivity contribution in [3.63, 3.8) is 0 Å². The molecule has 0 aromatic heterocycles. The quantitative estimate of drug-likeness (QED) is 0.863. The van der Waals surface area contributed by atoms with E-state index in [9.17, 15) is 4.79 Å². The maximum atomic E-state index is 13.0. The van der Waals surface area contributed by atoms with Crippen molar-refractivity contribution >= 4 is 11.4 Å². The van der Waals surface area contributed by atoms with E-state index in [0.717, 1.165) is 5.56 Å². The average molecular weight is 280 g/mol. The predicted octanol–water partition coefficient (Wildman–Crippen LogP) is 3.52. The highest BCUT2D eigenvalue weighted by Crippen LogP contribution is 2.43. The number of hydrogen-bond donors (Lipinski definition) is 0. The van der Waals surface area contributed by atoms with Gasteiger partial charge in [-0.1, -0.05) is 60.7 Å². The Labute approximate surface area is 123 Å². The van der Waals surface area contributed by atoms with Gasteiger partial charge in [-0.2, -0.15) is 0 Å². The van der Waals surface area contributed by atoms with Gasteiger partial charge in [0, 0.05) is 12.7 Å². The Balaban J connectivity index is 2.09. The molecule has 1 heterocycles. The molecule has 3 rings (SSSR count). The van der Waals surface area contributed by atoms with Crippen LogP contribution in [0.2, 0.25) is 0 Å². The van der Waals surface area contributed by atoms with Crippen LogP contribution in [0.4, 0.5) is 0 Å². The summed E-state index contributed by atoms with van der Waals surface area (Å²) in [5, 5.41) is 0. The third kappa shape index (κ3) is 2.06. The van der Waals surface area contributed by atoms with Gasteiger partial charge in [-0.05, 0) is 12.5 Å². The van der Waals surface area contributed by atoms with Crippen LogP contribution in [-0.2, 0) is 20.1 Å². The zero-order chi connectivity index (χ0) is 14.9. The first-order chi connectivity index (χ1) is 10.2. The van der Waals surface area contributed by atoms with Crippen molar-refractivity contribution in [2.75, 3.05) is 7.11 Å². The van der Waals surface area contributed by atoms with E-state index in [0.29, 0.717) is 16.9 Å². The lowest BCUT2D eigenvalue weighted by atomic mass is 9.94. The summed E-state index contributed by atoms with van der Waals surface area (Å²) in [7, 11) is 1.49. The van der Waals surface area contributed by atoms with Crippen LogP contribution in [0, 0.1) is 0 Å². The zero-order valence-electron chi connectivity index (χ0n) is 12.0. The zero-order valence-corrected chi connectivity index (χ0v) is 12.0. The summed E-state index contributed by atoms with van der Waals surface area (Å²) in [4.78, 5) is 13.0. The summed E-state index contributed by atoms with van der Waals surface area (Å²) >= 11 is 0. The molecule has 0 bridgehead atoms. The fourth-order valence-electron chi connectivity index (χ4n) is 2.68. The van der Waals surface area contributed by atoms with Crippen LogP contribution < -0.4 is 0 Å². The van der Waals surface area contributed by atoms with Gasteiger partial charge < -0.3 is 9.47 Å². The summed E-state index contributed by atoms with van der Waals surface area (Å²) < 4.78 is 11.4. The second-order valence-corrected chi connectivity index (χ2v) is 4.92. The van der Waals surface area contributed by atoms with Gasteiger partial charge in [0.05, 0.1) is 5.57 Å². The van der Waals surface area contributed by atoms with Crippen molar-refractivity contribution in [1.82, 2.24) is 0 Å². The Bertz CT molecular complexity index is 689. The first-order valence-corrected chi connectivity index (χ1v) is 6.80. The number of methoxy groups -OCH3 is 1. The Hall–Kier alpha value is -2.39. The summed E-state index contributed by atoms with van der Waals surface area (Å²) in [6.45, 7) is 1.80. The van der Waals surface area contributed by atoms with Gasteiger partial charge in [0.15, 0.2) is 0 Å². The molecule has 2 aromatic carbocycles. The highest BCUT2D eigenvalue weighted by molar-refractivity contribution is 6.26. The number of allylic oxidation sites excluding steroid dienone is 1. The van der Waals surface area contributed by atoms with E-state index in [-0.39, 0.29) is 5.78 Å². The van der Waals surface area contributed by atoms with E-state index >= 15 is 0 Å². The minimum atomic E-state index is -1.38. The van der Waals surface area contributed by atoms with Gasteiger partial charge >= 0.3 is 5.79 Å². The van der Waals surface area contributed by atoms with Crippen LogP contribution in [0.15, 0.2) is 66.4 Å². The number of rotatable bonds is 3. The molecule has 0 amide bonds. The lowest BCUT2D eigenvalue weighted by Gasteiger charge is -2.26. The van der Waals surface area contributed by atoms with Crippen LogP contribution in [0.3, 0.4) is 0 Å². The fourth-order valence-corrected chi connectivity index (χ4v) is 2.68. The van der Waals surface area contributed by atoms with Crippen LogP contribution in [0.5, 0.6) is 0 Å². The largest absolute Gasteiger partial charge is 0.454 e. The molecule has 2 aromatic rings. The predicted molar refractivity (Wildman–Crippen MR) is 80.3 cm³/mol. The van der Waals surface area contributed by atoms with Crippen molar-refractivity contribution in [2.45, 2.75) is 12.7 Å². The first kappa shape index (κ1) is 13.6. The number of benzene rings is 2. The molecule has 0 saturated carbocycles. The number of hydrogen-bond acceptors (Lipinski definition) is 3. The summed E-state index contributed by atoms with van der Waals surface area (Å²) in [5.74, 6) is -0.965. The maximum Gasteiger partial charge on any atom is 0.302 e. The Kier molecular flexibility index (Phi) is 3.35. The Morgan fingerprint density at radius 1 is 0.952 bits per heavy atom. The van der Waals surface area contributed by atoms with Crippen molar-refractivity contribution in [3.8, 4) is 0 Å². The standard InChI is InChI=1S/C18H16O3/c1-13-16(14-9-5-3-6-10-14)17(19)18(20-2,21-13)15-11-7-4-8-12-15/h3-12H,1-2H3. The second-order valence-electron chi connectivity index (χ2n) is 4.92. The number of carbonyl (C=O) groups is 1. The summed E-state index contributed by atoms with van der Waals surface area (Å²) in [5.41, 5.74) is 2.11. The SMILES string of the molecule is COC1(c2ccccc2)OC(C)=C(c2ccccc2)C1=O. The van der Waals surface area contributed by atoms with Crippen LogP contribution in [-0.4, -0.2) is 12.9 Å². The first-order valence-electron chi connectivity index (χ1n) is 6.80. The molecule has 106 valence electrons. The molecular formula is C18H16O3. The molecule has 3 nitrogen and oxygen atoms in total. The third-order valence-corrected chi connectivity index (χ3v) is 3.68. The molecular weight excluding hydrogens is 264 g/mol. The van der Waals surface area contributed by atoms with E-state index in [1.54, 1.807) is 6.92 Å². The van der Waals surface area contributed by atoms with Gasteiger partial charge in [0.1, 0.15) is 5.76 Å². The monoisotopic (exact) mass is 280 g/mol. The number of ketones is 1. The normalized spacial score (nSPS) is 21.5. The molecule has 0 N–H and O–H groups in total. The second kappa shape index (κ2) is 5.19. The van der Waals surface area contributed by atoms with E-state index in [4.69, 9.17) is 9.47 Å². The van der Waals surface area contributed by atoms with Gasteiger partial charge in [-0.15, -0.1) is 0 Å². The Morgan fingerprint density at radius 3 is 2.10 bits per heavy atom. The van der Waals surface area contributed by atoms with Crippen molar-refractivity contribution in [3.05, 3.63) is 77.5 Å². The molecule has 3 heteroatoms. The van der Waals surface area contributed by atoms with Gasteiger partial charge in [0.25, 0.3) is 0 Å². The molecule has 0 radical (unpaired) electrons. The van der Waals surface area contributed by atoms with Crippen LogP contribution in [0.1, 0.15) is 18.1 Å². The van der Waals surface area contributed by atoms with Crippen molar-refractivity contribution < 1.29 is 14.3 Å². The lowest BCUT2D eigenvalue weighted by Crippen LogP contribution is -2.36. The molecule has 0 saturated heterocycles. The highest BCUT2D eigenvalue weighted by atomic mass is 16.7. The molecule has 21 heavy (non-hydrogen) atoms. The topological polar surface area (TPSA) is 35.5 Å². The van der Waals surface area contributed by atoms with E-state index in [1.165, 1.54) is 7.11 Å². The molecule has 1 aliphatic heterocycles. The minimum Gasteiger partial charge on any atom is -0.454 e. The van der Waals surface area contributed by atoms with Crippen molar-refractivity contribution in [1.29, 1.82) is 0 Å². The average Bonchev–Trinajstić information content (AvgIpc) is 2.80. The molecule has 0 fully saturated rings. The summed E-state index contributed by atoms with van der Waals surface area (Å²) in [6.07, 6.45) is 0. The molecule has 0 aliphatic carbocycles. The third-order valence-electron chi connectivity index (χ3n) is 3.68. The molecule has 1 aliphatic rings. The number of Topliss-reactive ketones (excluding diaryl/α,β-unsaturated/α-hetero) is 1. The molecule has 0 spiro atoms. The van der Waals surface area contributed by atoms with Crippen LogP contribution >= 0.6 is 0 Å². The summed E-state index contributed by atoms with van der Waals surface area (Å²) in [6, 6.07) is 18.8. The van der Waals surface area contributed by atoms with Gasteiger partial charge in [-0.25, -0.2) is 0 Å². The highest BCUT2D eigenvalue weighted by Gasteiger charge is 2.50. The van der Waals surface area contributed by atoms with Gasteiger partial charge in [0.2, 0.25) is 5.78 Å². The van der Waals surface area contributed by atoms with E-state index in [2.05, 4.69) is 0 Å². The van der Waals surface area contributed by atoms with E-state index in [1.807, 2.05) is 60.7 Å².